The maximum absolute atomic E-state index is 13.2. The predicted molar refractivity (Wildman–Crippen MR) is 143 cm³/mol. The summed E-state index contributed by atoms with van der Waals surface area (Å²) < 4.78 is 7.96. The second kappa shape index (κ2) is 10.8. The number of nitrogens with zero attached hydrogens (tertiary/aromatic N) is 3. The zero-order valence-electron chi connectivity index (χ0n) is 19.7. The zero-order valence-corrected chi connectivity index (χ0v) is 21.3. The summed E-state index contributed by atoms with van der Waals surface area (Å²) in [5, 5.41) is 5.90. The van der Waals surface area contributed by atoms with Gasteiger partial charge in [-0.25, -0.2) is 9.78 Å². The number of halogens is 1. The highest BCUT2D eigenvalue weighted by Gasteiger charge is 2.23. The van der Waals surface area contributed by atoms with Crippen molar-refractivity contribution in [3.8, 4) is 11.3 Å². The van der Waals surface area contributed by atoms with E-state index in [1.807, 2.05) is 41.3 Å². The van der Waals surface area contributed by atoms with Crippen LogP contribution >= 0.6 is 22.9 Å². The lowest BCUT2D eigenvalue weighted by Crippen LogP contribution is -2.41. The van der Waals surface area contributed by atoms with Crippen molar-refractivity contribution in [2.24, 2.45) is 0 Å². The van der Waals surface area contributed by atoms with Gasteiger partial charge in [0.2, 0.25) is 0 Å². The fraction of sp³-hybridized carbons (Fsp3) is 0.333. The monoisotopic (exact) mass is 508 g/mol. The number of hydrogen-bond acceptors (Lipinski definition) is 4. The predicted octanol–water partition coefficient (Wildman–Crippen LogP) is 6.53. The summed E-state index contributed by atoms with van der Waals surface area (Å²) in [6.45, 7) is 4.08. The number of hydrogen-bond donors (Lipinski definition) is 1. The molecule has 6 nitrogen and oxygen atoms in total. The number of aryl methyl sites for hydroxylation is 1. The lowest BCUT2D eigenvalue weighted by molar-refractivity contribution is 0.0838. The van der Waals surface area contributed by atoms with E-state index in [0.717, 1.165) is 59.9 Å². The number of urea groups is 1. The van der Waals surface area contributed by atoms with Crippen molar-refractivity contribution in [2.75, 3.05) is 25.0 Å². The molecule has 35 heavy (non-hydrogen) atoms. The molecule has 1 saturated heterocycles. The van der Waals surface area contributed by atoms with E-state index in [4.69, 9.17) is 21.3 Å². The van der Waals surface area contributed by atoms with Crippen molar-refractivity contribution in [3.63, 3.8) is 0 Å². The van der Waals surface area contributed by atoms with Gasteiger partial charge in [-0.15, -0.1) is 11.3 Å². The Morgan fingerprint density at radius 1 is 1.23 bits per heavy atom. The van der Waals surface area contributed by atoms with E-state index >= 15 is 0 Å². The van der Waals surface area contributed by atoms with Gasteiger partial charge >= 0.3 is 6.03 Å². The van der Waals surface area contributed by atoms with Gasteiger partial charge in [0, 0.05) is 59.7 Å². The Bertz CT molecular complexity index is 1280. The summed E-state index contributed by atoms with van der Waals surface area (Å²) in [4.78, 5) is 20.8. The van der Waals surface area contributed by atoms with Crippen LogP contribution in [0, 0.1) is 0 Å². The second-order valence-electron chi connectivity index (χ2n) is 8.82. The molecule has 4 aromatic rings. The number of carbonyl (C=O) groups excluding carboxylic acids is 1. The smallest absolute Gasteiger partial charge is 0.321 e. The second-order valence-corrected chi connectivity index (χ2v) is 10.1. The molecule has 0 bridgehead atoms. The molecule has 0 radical (unpaired) electrons. The first-order chi connectivity index (χ1) is 17.1. The van der Waals surface area contributed by atoms with Crippen molar-refractivity contribution < 1.29 is 9.53 Å². The molecule has 2 aromatic carbocycles. The van der Waals surface area contributed by atoms with Crippen LogP contribution in [0.15, 0.2) is 60.1 Å². The molecule has 1 N–H and O–H groups in total. The molecule has 5 rings (SSSR count). The van der Waals surface area contributed by atoms with Crippen LogP contribution in [0.1, 0.15) is 31.0 Å². The molecule has 182 valence electrons. The summed E-state index contributed by atoms with van der Waals surface area (Å²) in [7, 11) is 0. The average molecular weight is 509 g/mol. The minimum Gasteiger partial charge on any atom is -0.376 e. The number of anilines is 1. The van der Waals surface area contributed by atoms with Gasteiger partial charge in [-0.3, -0.25) is 4.40 Å². The van der Waals surface area contributed by atoms with E-state index < -0.39 is 0 Å². The fourth-order valence-electron chi connectivity index (χ4n) is 4.35. The van der Waals surface area contributed by atoms with E-state index in [2.05, 4.69) is 40.4 Å². The van der Waals surface area contributed by atoms with Gasteiger partial charge in [0.25, 0.3) is 0 Å². The third kappa shape index (κ3) is 5.69. The van der Waals surface area contributed by atoms with Crippen molar-refractivity contribution in [3.05, 3.63) is 76.4 Å². The Labute approximate surface area is 214 Å². The summed E-state index contributed by atoms with van der Waals surface area (Å²) in [5.41, 5.74) is 5.14. The topological polar surface area (TPSA) is 58.9 Å². The van der Waals surface area contributed by atoms with E-state index in [1.54, 1.807) is 11.3 Å². The van der Waals surface area contributed by atoms with Crippen LogP contribution in [-0.2, 0) is 17.6 Å². The Balaban J connectivity index is 1.30. The van der Waals surface area contributed by atoms with Crippen molar-refractivity contribution in [2.45, 2.75) is 38.7 Å². The van der Waals surface area contributed by atoms with Crippen LogP contribution in [0.2, 0.25) is 5.02 Å². The zero-order chi connectivity index (χ0) is 24.2. The van der Waals surface area contributed by atoms with Gasteiger partial charge in [0.15, 0.2) is 4.96 Å². The third-order valence-electron chi connectivity index (χ3n) is 6.41. The minimum absolute atomic E-state index is 0.0930. The van der Waals surface area contributed by atoms with Gasteiger partial charge in [0.1, 0.15) is 0 Å². The number of imidazole rings is 1. The first-order valence-corrected chi connectivity index (χ1v) is 13.3. The maximum atomic E-state index is 13.2. The standard InChI is InChI=1S/C27H29ClN4O2S/c1-2-19-5-11-22(12-6-19)29-26(33)31(16-24-4-3-15-34-24)14-13-23-18-35-27-30-25(17-32(23)27)20-7-9-21(28)10-8-20/h5-12,17-18,24H,2-4,13-16H2,1H3,(H,29,33). The van der Waals surface area contributed by atoms with Crippen molar-refractivity contribution >= 4 is 39.6 Å². The molecule has 0 spiro atoms. The Morgan fingerprint density at radius 2 is 2.03 bits per heavy atom. The molecule has 3 heterocycles. The summed E-state index contributed by atoms with van der Waals surface area (Å²) in [6.07, 6.45) is 5.89. The number of ether oxygens (including phenoxy) is 1. The normalized spacial score (nSPS) is 15.5. The molecule has 1 atom stereocenters. The van der Waals surface area contributed by atoms with Gasteiger partial charge in [0.05, 0.1) is 11.8 Å². The van der Waals surface area contributed by atoms with Crippen LogP contribution in [0.5, 0.6) is 0 Å². The van der Waals surface area contributed by atoms with Gasteiger partial charge in [-0.1, -0.05) is 42.8 Å². The van der Waals surface area contributed by atoms with E-state index in [9.17, 15) is 4.79 Å². The molecular formula is C27H29ClN4O2S. The molecule has 1 fully saturated rings. The van der Waals surface area contributed by atoms with Gasteiger partial charge in [-0.05, 0) is 49.1 Å². The lowest BCUT2D eigenvalue weighted by Gasteiger charge is -2.25. The highest BCUT2D eigenvalue weighted by Crippen LogP contribution is 2.25. The van der Waals surface area contributed by atoms with Crippen LogP contribution in [0.25, 0.3) is 16.2 Å². The molecule has 0 aliphatic carbocycles. The largest absolute Gasteiger partial charge is 0.376 e. The van der Waals surface area contributed by atoms with E-state index in [-0.39, 0.29) is 12.1 Å². The highest BCUT2D eigenvalue weighted by atomic mass is 35.5. The van der Waals surface area contributed by atoms with Crippen LogP contribution in [0.3, 0.4) is 0 Å². The number of nitrogens with one attached hydrogen (secondary N) is 1. The molecule has 1 aliphatic heterocycles. The fourth-order valence-corrected chi connectivity index (χ4v) is 5.39. The van der Waals surface area contributed by atoms with Crippen LogP contribution in [0.4, 0.5) is 10.5 Å². The summed E-state index contributed by atoms with van der Waals surface area (Å²) in [6, 6.07) is 15.7. The maximum Gasteiger partial charge on any atom is 0.321 e. The molecule has 0 saturated carbocycles. The molecule has 2 amide bonds. The summed E-state index contributed by atoms with van der Waals surface area (Å²) >= 11 is 7.65. The quantitative estimate of drug-likeness (QED) is 0.294. The first-order valence-electron chi connectivity index (χ1n) is 12.1. The highest BCUT2D eigenvalue weighted by molar-refractivity contribution is 7.15. The third-order valence-corrected chi connectivity index (χ3v) is 7.55. The first kappa shape index (κ1) is 23.9. The summed E-state index contributed by atoms with van der Waals surface area (Å²) in [5.74, 6) is 0. The molecule has 1 unspecified atom stereocenters. The Morgan fingerprint density at radius 3 is 2.74 bits per heavy atom. The molecular weight excluding hydrogens is 480 g/mol. The number of thiazole rings is 1. The van der Waals surface area contributed by atoms with Gasteiger partial charge < -0.3 is 15.0 Å². The Hall–Kier alpha value is -2.87. The van der Waals surface area contributed by atoms with Crippen LogP contribution in [-0.4, -0.2) is 46.1 Å². The number of carbonyl (C=O) groups is 1. The molecule has 8 heteroatoms. The van der Waals surface area contributed by atoms with E-state index in [0.29, 0.717) is 18.1 Å². The van der Waals surface area contributed by atoms with Crippen molar-refractivity contribution in [1.29, 1.82) is 0 Å². The minimum atomic E-state index is -0.0938. The SMILES string of the molecule is CCc1ccc(NC(=O)N(CCc2csc3nc(-c4ccc(Cl)cc4)cn23)CC2CCCO2)cc1. The number of rotatable bonds is 8. The van der Waals surface area contributed by atoms with Gasteiger partial charge in [-0.2, -0.15) is 0 Å². The van der Waals surface area contributed by atoms with E-state index in [1.165, 1.54) is 5.56 Å². The molecule has 1 aliphatic rings. The van der Waals surface area contributed by atoms with Crippen LogP contribution < -0.4 is 5.32 Å². The number of benzene rings is 2. The molecule has 2 aromatic heterocycles. The van der Waals surface area contributed by atoms with Crippen molar-refractivity contribution in [1.82, 2.24) is 14.3 Å². The number of amides is 2. The number of aromatic nitrogens is 2. The Kier molecular flexibility index (Phi) is 7.37. The lowest BCUT2D eigenvalue weighted by atomic mass is 10.1. The number of fused-ring (bicyclic) bond motifs is 1. The average Bonchev–Trinajstić information content (AvgIpc) is 3.61.